The maximum Gasteiger partial charge on any atom is 0.107 e. The van der Waals surface area contributed by atoms with Crippen molar-refractivity contribution in [2.45, 2.75) is 52.3 Å². The Labute approximate surface area is 126 Å². The van der Waals surface area contributed by atoms with Crippen molar-refractivity contribution in [1.82, 2.24) is 15.2 Å². The van der Waals surface area contributed by atoms with Gasteiger partial charge in [0.2, 0.25) is 0 Å². The summed E-state index contributed by atoms with van der Waals surface area (Å²) < 4.78 is 5.72. The van der Waals surface area contributed by atoms with Crippen LogP contribution in [0.1, 0.15) is 43.8 Å². The van der Waals surface area contributed by atoms with Crippen LogP contribution in [0.5, 0.6) is 0 Å². The number of hydrogen-bond acceptors (Lipinski definition) is 5. The fourth-order valence-electron chi connectivity index (χ4n) is 2.49. The normalized spacial score (nSPS) is 19.1. The molecular formula is C15H27N3OS. The minimum Gasteiger partial charge on any atom is -0.377 e. The van der Waals surface area contributed by atoms with E-state index in [0.717, 1.165) is 39.3 Å². The molecule has 114 valence electrons. The summed E-state index contributed by atoms with van der Waals surface area (Å²) in [4.78, 5) is 7.16. The number of thiazole rings is 1. The van der Waals surface area contributed by atoms with Crippen LogP contribution >= 0.6 is 11.3 Å². The van der Waals surface area contributed by atoms with Crippen LogP contribution in [0, 0.1) is 0 Å². The number of aromatic nitrogens is 1. The maximum atomic E-state index is 5.72. The summed E-state index contributed by atoms with van der Waals surface area (Å²) in [7, 11) is 0. The molecule has 20 heavy (non-hydrogen) atoms. The molecular weight excluding hydrogens is 270 g/mol. The standard InChI is InChI=1S/C15H27N3OS/c1-3-7-16-9-15-17-13(12-20-15)10-18(4-2)11-14-6-5-8-19-14/h12,14,16H,3-11H2,1-2H3. The Balaban J connectivity index is 1.77. The van der Waals surface area contributed by atoms with Gasteiger partial charge in [-0.15, -0.1) is 11.3 Å². The number of nitrogens with one attached hydrogen (secondary N) is 1. The summed E-state index contributed by atoms with van der Waals surface area (Å²) in [5.41, 5.74) is 1.20. The third-order valence-electron chi connectivity index (χ3n) is 3.62. The number of nitrogens with zero attached hydrogens (tertiary/aromatic N) is 2. The molecule has 1 aromatic rings. The third-order valence-corrected chi connectivity index (χ3v) is 4.52. The molecule has 1 unspecified atom stereocenters. The second kappa shape index (κ2) is 8.72. The minimum atomic E-state index is 0.430. The summed E-state index contributed by atoms with van der Waals surface area (Å²) in [6.07, 6.45) is 4.02. The van der Waals surface area contributed by atoms with Crippen molar-refractivity contribution < 1.29 is 4.74 Å². The zero-order chi connectivity index (χ0) is 14.2. The van der Waals surface area contributed by atoms with E-state index in [2.05, 4.69) is 29.4 Å². The lowest BCUT2D eigenvalue weighted by Gasteiger charge is -2.22. The van der Waals surface area contributed by atoms with Crippen molar-refractivity contribution in [2.24, 2.45) is 0 Å². The van der Waals surface area contributed by atoms with E-state index in [0.29, 0.717) is 6.10 Å². The first-order valence-electron chi connectivity index (χ1n) is 7.79. The first-order chi connectivity index (χ1) is 9.81. The average Bonchev–Trinajstić information content (AvgIpc) is 3.10. The summed E-state index contributed by atoms with van der Waals surface area (Å²) >= 11 is 1.76. The fraction of sp³-hybridized carbons (Fsp3) is 0.800. The van der Waals surface area contributed by atoms with E-state index in [1.165, 1.54) is 30.0 Å². The van der Waals surface area contributed by atoms with E-state index in [4.69, 9.17) is 9.72 Å². The van der Waals surface area contributed by atoms with Crippen LogP contribution in [0.2, 0.25) is 0 Å². The van der Waals surface area contributed by atoms with Crippen molar-refractivity contribution in [3.63, 3.8) is 0 Å². The summed E-state index contributed by atoms with van der Waals surface area (Å²) in [6.45, 7) is 10.3. The molecule has 2 rings (SSSR count). The van der Waals surface area contributed by atoms with Crippen LogP contribution < -0.4 is 5.32 Å². The number of rotatable bonds is 9. The predicted molar refractivity (Wildman–Crippen MR) is 84.0 cm³/mol. The van der Waals surface area contributed by atoms with Crippen LogP contribution in [-0.2, 0) is 17.8 Å². The zero-order valence-electron chi connectivity index (χ0n) is 12.7. The Morgan fingerprint density at radius 2 is 2.40 bits per heavy atom. The van der Waals surface area contributed by atoms with E-state index in [1.54, 1.807) is 11.3 Å². The Morgan fingerprint density at radius 1 is 1.50 bits per heavy atom. The number of ether oxygens (including phenoxy) is 1. The first kappa shape index (κ1) is 15.9. The Hall–Kier alpha value is -0.490. The lowest BCUT2D eigenvalue weighted by molar-refractivity contribution is 0.0721. The number of hydrogen-bond donors (Lipinski definition) is 1. The minimum absolute atomic E-state index is 0.430. The van der Waals surface area contributed by atoms with E-state index >= 15 is 0 Å². The maximum absolute atomic E-state index is 5.72. The topological polar surface area (TPSA) is 37.4 Å². The molecule has 1 aromatic heterocycles. The monoisotopic (exact) mass is 297 g/mol. The van der Waals surface area contributed by atoms with Crippen LogP contribution in [0.25, 0.3) is 0 Å². The van der Waals surface area contributed by atoms with Gasteiger partial charge in [0.25, 0.3) is 0 Å². The highest BCUT2D eigenvalue weighted by Gasteiger charge is 2.19. The molecule has 0 aromatic carbocycles. The van der Waals surface area contributed by atoms with Gasteiger partial charge in [0, 0.05) is 31.6 Å². The Morgan fingerprint density at radius 3 is 3.10 bits per heavy atom. The largest absolute Gasteiger partial charge is 0.377 e. The van der Waals surface area contributed by atoms with Crippen molar-refractivity contribution in [2.75, 3.05) is 26.2 Å². The third kappa shape index (κ3) is 5.13. The lowest BCUT2D eigenvalue weighted by Crippen LogP contribution is -2.31. The summed E-state index contributed by atoms with van der Waals surface area (Å²) in [5, 5.41) is 6.80. The highest BCUT2D eigenvalue weighted by molar-refractivity contribution is 7.09. The van der Waals surface area contributed by atoms with Gasteiger partial charge in [0.15, 0.2) is 0 Å². The van der Waals surface area contributed by atoms with Gasteiger partial charge in [0.05, 0.1) is 11.8 Å². The van der Waals surface area contributed by atoms with E-state index < -0.39 is 0 Å². The van der Waals surface area contributed by atoms with E-state index in [-0.39, 0.29) is 0 Å². The lowest BCUT2D eigenvalue weighted by atomic mass is 10.2. The quantitative estimate of drug-likeness (QED) is 0.711. The molecule has 0 radical (unpaired) electrons. The van der Waals surface area contributed by atoms with Gasteiger partial charge in [-0.1, -0.05) is 13.8 Å². The molecule has 0 bridgehead atoms. The van der Waals surface area contributed by atoms with Gasteiger partial charge < -0.3 is 10.1 Å². The average molecular weight is 297 g/mol. The predicted octanol–water partition coefficient (Wildman–Crippen LogP) is 2.64. The van der Waals surface area contributed by atoms with Crippen LogP contribution in [-0.4, -0.2) is 42.2 Å². The molecule has 0 spiro atoms. The molecule has 1 fully saturated rings. The van der Waals surface area contributed by atoms with Gasteiger partial charge >= 0.3 is 0 Å². The zero-order valence-corrected chi connectivity index (χ0v) is 13.5. The van der Waals surface area contributed by atoms with Gasteiger partial charge in [-0.2, -0.15) is 0 Å². The molecule has 0 amide bonds. The molecule has 1 aliphatic heterocycles. The summed E-state index contributed by atoms with van der Waals surface area (Å²) in [6, 6.07) is 0. The smallest absolute Gasteiger partial charge is 0.107 e. The molecule has 5 heteroatoms. The molecule has 1 atom stereocenters. The fourth-order valence-corrected chi connectivity index (χ4v) is 3.24. The Bertz CT molecular complexity index is 377. The Kier molecular flexibility index (Phi) is 6.93. The SMILES string of the molecule is CCCNCc1nc(CN(CC)CC2CCCO2)cs1. The molecule has 1 aliphatic rings. The van der Waals surface area contributed by atoms with E-state index in [1.807, 2.05) is 0 Å². The highest BCUT2D eigenvalue weighted by Crippen LogP contribution is 2.16. The summed E-state index contributed by atoms with van der Waals surface area (Å²) in [5.74, 6) is 0. The van der Waals surface area contributed by atoms with Gasteiger partial charge in [-0.3, -0.25) is 4.90 Å². The first-order valence-corrected chi connectivity index (χ1v) is 8.67. The van der Waals surface area contributed by atoms with Gasteiger partial charge in [-0.25, -0.2) is 4.98 Å². The van der Waals surface area contributed by atoms with Crippen molar-refractivity contribution in [3.8, 4) is 0 Å². The highest BCUT2D eigenvalue weighted by atomic mass is 32.1. The molecule has 0 saturated carbocycles. The van der Waals surface area contributed by atoms with Crippen LogP contribution in [0.4, 0.5) is 0 Å². The van der Waals surface area contributed by atoms with Crippen molar-refractivity contribution in [1.29, 1.82) is 0 Å². The molecule has 4 nitrogen and oxygen atoms in total. The van der Waals surface area contributed by atoms with Crippen molar-refractivity contribution >= 4 is 11.3 Å². The molecule has 0 aliphatic carbocycles. The second-order valence-corrected chi connectivity index (χ2v) is 6.31. The molecule has 1 saturated heterocycles. The van der Waals surface area contributed by atoms with Crippen LogP contribution in [0.3, 0.4) is 0 Å². The van der Waals surface area contributed by atoms with Crippen molar-refractivity contribution in [3.05, 3.63) is 16.1 Å². The van der Waals surface area contributed by atoms with Gasteiger partial charge in [-0.05, 0) is 32.4 Å². The van der Waals surface area contributed by atoms with Gasteiger partial charge in [0.1, 0.15) is 5.01 Å². The second-order valence-electron chi connectivity index (χ2n) is 5.37. The van der Waals surface area contributed by atoms with E-state index in [9.17, 15) is 0 Å². The number of likely N-dealkylation sites (N-methyl/N-ethyl adjacent to an activating group) is 1. The molecule has 2 heterocycles. The molecule has 1 N–H and O–H groups in total. The van der Waals surface area contributed by atoms with Crippen LogP contribution in [0.15, 0.2) is 5.38 Å².